The van der Waals surface area contributed by atoms with Gasteiger partial charge in [0.15, 0.2) is 0 Å². The molecule has 3 aromatic rings. The Morgan fingerprint density at radius 1 is 1.03 bits per heavy atom. The van der Waals surface area contributed by atoms with Crippen molar-refractivity contribution in [3.05, 3.63) is 70.6 Å². The Bertz CT molecular complexity index is 1400. The van der Waals surface area contributed by atoms with Gasteiger partial charge in [-0.15, -0.1) is 0 Å². The Labute approximate surface area is 207 Å². The number of hydrogen-bond donors (Lipinski definition) is 1. The van der Waals surface area contributed by atoms with E-state index >= 15 is 0 Å². The van der Waals surface area contributed by atoms with Gasteiger partial charge in [0, 0.05) is 5.56 Å². The highest BCUT2D eigenvalue weighted by molar-refractivity contribution is 8.18. The second-order valence-corrected chi connectivity index (χ2v) is 8.62. The highest BCUT2D eigenvalue weighted by Crippen LogP contribution is 2.37. The SMILES string of the molecule is COc1ccc(C(F)(F)F)cc1NC(=O)CN1C(=O)S/C(=C\c2c(OC)ccc3ccccc23)C1=O. The number of benzene rings is 3. The third-order valence-electron chi connectivity index (χ3n) is 5.40. The van der Waals surface area contributed by atoms with Crippen LogP contribution in [0.1, 0.15) is 11.1 Å². The van der Waals surface area contributed by atoms with Crippen LogP contribution >= 0.6 is 11.8 Å². The third-order valence-corrected chi connectivity index (χ3v) is 6.31. The van der Waals surface area contributed by atoms with Gasteiger partial charge in [0.05, 0.1) is 30.4 Å². The fraction of sp³-hybridized carbons (Fsp3) is 0.160. The lowest BCUT2D eigenvalue weighted by Crippen LogP contribution is -2.36. The summed E-state index contributed by atoms with van der Waals surface area (Å²) in [6.07, 6.45) is -3.11. The largest absolute Gasteiger partial charge is 0.496 e. The molecule has 0 aromatic heterocycles. The molecule has 1 N–H and O–H groups in total. The van der Waals surface area contributed by atoms with Crippen LogP contribution in [0, 0.1) is 0 Å². The second-order valence-electron chi connectivity index (χ2n) is 7.63. The van der Waals surface area contributed by atoms with Crippen molar-refractivity contribution >= 4 is 51.4 Å². The molecule has 0 saturated carbocycles. The number of methoxy groups -OCH3 is 2. The number of alkyl halides is 3. The van der Waals surface area contributed by atoms with Crippen molar-refractivity contribution < 1.29 is 37.0 Å². The lowest BCUT2D eigenvalue weighted by molar-refractivity contribution is -0.137. The molecule has 0 bridgehead atoms. The molecule has 36 heavy (non-hydrogen) atoms. The van der Waals surface area contributed by atoms with E-state index in [2.05, 4.69) is 5.32 Å². The van der Waals surface area contributed by atoms with Crippen molar-refractivity contribution in [2.75, 3.05) is 26.1 Å². The van der Waals surface area contributed by atoms with Crippen molar-refractivity contribution in [1.82, 2.24) is 4.90 Å². The maximum atomic E-state index is 13.1. The number of thioether (sulfide) groups is 1. The zero-order chi connectivity index (χ0) is 26.0. The number of nitrogens with one attached hydrogen (secondary N) is 1. The van der Waals surface area contributed by atoms with Crippen LogP contribution in [0.25, 0.3) is 16.8 Å². The maximum Gasteiger partial charge on any atom is 0.416 e. The molecule has 0 unspecified atom stereocenters. The van der Waals surface area contributed by atoms with E-state index in [-0.39, 0.29) is 16.3 Å². The van der Waals surface area contributed by atoms with Gasteiger partial charge in [-0.05, 0) is 52.9 Å². The molecule has 1 heterocycles. The van der Waals surface area contributed by atoms with Gasteiger partial charge in [-0.2, -0.15) is 13.2 Å². The maximum absolute atomic E-state index is 13.1. The molecule has 7 nitrogen and oxygen atoms in total. The lowest BCUT2D eigenvalue weighted by Gasteiger charge is -2.16. The zero-order valence-corrected chi connectivity index (χ0v) is 19.8. The molecule has 1 aliphatic rings. The number of carbonyl (C=O) groups is 3. The number of anilines is 1. The number of ether oxygens (including phenoxy) is 2. The van der Waals surface area contributed by atoms with Crippen molar-refractivity contribution in [2.45, 2.75) is 6.18 Å². The van der Waals surface area contributed by atoms with Gasteiger partial charge in [-0.1, -0.05) is 30.3 Å². The van der Waals surface area contributed by atoms with Crippen LogP contribution in [-0.4, -0.2) is 42.7 Å². The third kappa shape index (κ3) is 5.01. The molecular formula is C25H19F3N2O5S. The lowest BCUT2D eigenvalue weighted by atomic mass is 10.0. The number of amides is 3. The Balaban J connectivity index is 1.57. The van der Waals surface area contributed by atoms with Crippen LogP contribution in [0.3, 0.4) is 0 Å². The highest BCUT2D eigenvalue weighted by Gasteiger charge is 2.37. The van der Waals surface area contributed by atoms with Crippen molar-refractivity contribution in [3.63, 3.8) is 0 Å². The summed E-state index contributed by atoms with van der Waals surface area (Å²) in [6.45, 7) is -0.686. The second kappa shape index (κ2) is 9.94. The van der Waals surface area contributed by atoms with E-state index in [9.17, 15) is 27.6 Å². The summed E-state index contributed by atoms with van der Waals surface area (Å²) < 4.78 is 49.7. The van der Waals surface area contributed by atoms with Crippen LogP contribution in [0.15, 0.2) is 59.5 Å². The standard InChI is InChI=1S/C25H19F3N2O5S/c1-34-19-9-7-14-5-3-4-6-16(14)17(19)12-21-23(32)30(24(33)36-21)13-22(31)29-18-11-15(25(26,27)28)8-10-20(18)35-2/h3-12H,13H2,1-2H3,(H,29,31)/b21-12-. The van der Waals surface area contributed by atoms with Crippen LogP contribution in [-0.2, 0) is 15.8 Å². The van der Waals surface area contributed by atoms with Gasteiger partial charge in [0.25, 0.3) is 11.1 Å². The molecule has 1 fully saturated rings. The number of nitrogens with zero attached hydrogens (tertiary/aromatic N) is 1. The van der Waals surface area contributed by atoms with E-state index in [0.717, 1.165) is 33.9 Å². The average Bonchev–Trinajstić information content (AvgIpc) is 3.11. The van der Waals surface area contributed by atoms with Crippen LogP contribution in [0.5, 0.6) is 11.5 Å². The van der Waals surface area contributed by atoms with Crippen LogP contribution < -0.4 is 14.8 Å². The molecule has 3 aromatic carbocycles. The number of fused-ring (bicyclic) bond motifs is 1. The summed E-state index contributed by atoms with van der Waals surface area (Å²) in [5.74, 6) is -1.08. The average molecular weight is 516 g/mol. The van der Waals surface area contributed by atoms with Gasteiger partial charge in [0.2, 0.25) is 5.91 Å². The molecule has 0 radical (unpaired) electrons. The Morgan fingerprint density at radius 2 is 1.72 bits per heavy atom. The van der Waals surface area contributed by atoms with E-state index in [1.165, 1.54) is 20.3 Å². The first-order valence-electron chi connectivity index (χ1n) is 10.5. The molecule has 3 amide bonds. The molecule has 11 heteroatoms. The number of imide groups is 1. The predicted octanol–water partition coefficient (Wildman–Crippen LogP) is 5.55. The van der Waals surface area contributed by atoms with Crippen molar-refractivity contribution in [1.29, 1.82) is 0 Å². The summed E-state index contributed by atoms with van der Waals surface area (Å²) in [5, 5.41) is 3.31. The minimum atomic E-state index is -4.63. The van der Waals surface area contributed by atoms with Crippen molar-refractivity contribution in [3.8, 4) is 11.5 Å². The minimum absolute atomic E-state index is 0.00608. The Kier molecular flexibility index (Phi) is 6.93. The smallest absolute Gasteiger partial charge is 0.416 e. The zero-order valence-electron chi connectivity index (χ0n) is 19.0. The molecule has 1 aliphatic heterocycles. The first kappa shape index (κ1) is 25.1. The van der Waals surface area contributed by atoms with Crippen LogP contribution in [0.4, 0.5) is 23.7 Å². The van der Waals surface area contributed by atoms with Crippen LogP contribution in [0.2, 0.25) is 0 Å². The molecule has 0 aliphatic carbocycles. The van der Waals surface area contributed by atoms with E-state index < -0.39 is 35.3 Å². The first-order valence-corrected chi connectivity index (χ1v) is 11.3. The number of carbonyl (C=O) groups excluding carboxylic acids is 3. The first-order chi connectivity index (χ1) is 17.1. The summed E-state index contributed by atoms with van der Waals surface area (Å²) in [7, 11) is 2.72. The molecule has 4 rings (SSSR count). The van der Waals surface area contributed by atoms with E-state index in [1.54, 1.807) is 6.07 Å². The quantitative estimate of drug-likeness (QED) is 0.433. The predicted molar refractivity (Wildman–Crippen MR) is 130 cm³/mol. The highest BCUT2D eigenvalue weighted by atomic mass is 32.2. The number of rotatable bonds is 6. The van der Waals surface area contributed by atoms with E-state index in [4.69, 9.17) is 9.47 Å². The van der Waals surface area contributed by atoms with Gasteiger partial charge >= 0.3 is 6.18 Å². The summed E-state index contributed by atoms with van der Waals surface area (Å²) in [6, 6.07) is 13.7. The molecule has 0 spiro atoms. The molecule has 186 valence electrons. The fourth-order valence-corrected chi connectivity index (χ4v) is 4.51. The Hall–Kier alpha value is -3.99. The fourth-order valence-electron chi connectivity index (χ4n) is 3.69. The van der Waals surface area contributed by atoms with E-state index in [1.807, 2.05) is 30.3 Å². The topological polar surface area (TPSA) is 84.9 Å². The summed E-state index contributed by atoms with van der Waals surface area (Å²) >= 11 is 0.656. The monoisotopic (exact) mass is 516 g/mol. The number of hydrogen-bond acceptors (Lipinski definition) is 6. The molecule has 1 saturated heterocycles. The summed E-state index contributed by atoms with van der Waals surface area (Å²) in [5.41, 5.74) is -0.628. The van der Waals surface area contributed by atoms with Gasteiger partial charge < -0.3 is 14.8 Å². The van der Waals surface area contributed by atoms with Gasteiger partial charge in [-0.3, -0.25) is 19.3 Å². The van der Waals surface area contributed by atoms with Gasteiger partial charge in [-0.25, -0.2) is 0 Å². The number of halogens is 3. The Morgan fingerprint density at radius 3 is 2.42 bits per heavy atom. The normalized spacial score (nSPS) is 15.0. The minimum Gasteiger partial charge on any atom is -0.496 e. The van der Waals surface area contributed by atoms with Crippen molar-refractivity contribution in [2.24, 2.45) is 0 Å². The summed E-state index contributed by atoms with van der Waals surface area (Å²) in [4.78, 5) is 38.9. The molecule has 0 atom stereocenters. The van der Waals surface area contributed by atoms with E-state index in [0.29, 0.717) is 23.1 Å². The van der Waals surface area contributed by atoms with Gasteiger partial charge in [0.1, 0.15) is 18.0 Å². The molecular weight excluding hydrogens is 497 g/mol.